The number of nitrogens with one attached hydrogen (secondary N) is 2. The molecule has 4 rings (SSSR count). The summed E-state index contributed by atoms with van der Waals surface area (Å²) in [6.45, 7) is 1.62. The third kappa shape index (κ3) is 6.28. The van der Waals surface area contributed by atoms with Gasteiger partial charge in [0.15, 0.2) is 5.13 Å². The van der Waals surface area contributed by atoms with Crippen LogP contribution in [0.4, 0.5) is 15.6 Å². The molecule has 1 aliphatic rings. The smallest absolute Gasteiger partial charge is 0.293 e. The number of thioether (sulfide) groups is 1. The van der Waals surface area contributed by atoms with Gasteiger partial charge in [0.2, 0.25) is 5.91 Å². The van der Waals surface area contributed by atoms with Gasteiger partial charge in [0.1, 0.15) is 29.4 Å². The molecule has 0 radical (unpaired) electrons. The zero-order valence-electron chi connectivity index (χ0n) is 18.9. The predicted octanol–water partition coefficient (Wildman–Crippen LogP) is 5.24. The first-order valence-corrected chi connectivity index (χ1v) is 13.9. The van der Waals surface area contributed by atoms with Gasteiger partial charge in [0.05, 0.1) is 11.1 Å². The Hall–Kier alpha value is -2.84. The maximum absolute atomic E-state index is 13.0. The molecule has 0 saturated carbocycles. The number of thiazole rings is 1. The van der Waals surface area contributed by atoms with Crippen LogP contribution in [0.3, 0.4) is 0 Å². The number of likely N-dealkylation sites (N-methyl/N-ethyl adjacent to an activating group) is 1. The molecule has 0 spiro atoms. The summed E-state index contributed by atoms with van der Waals surface area (Å²) >= 11 is 3.75. The summed E-state index contributed by atoms with van der Waals surface area (Å²) in [5.41, 5.74) is 1.98. The molecule has 1 aromatic heterocycles. The lowest BCUT2D eigenvalue weighted by molar-refractivity contribution is -0.121. The number of anilines is 2. The molecular weight excluding hydrogens is 588 g/mol. The molecular formula is C23H19BrN4O5S3. The van der Waals surface area contributed by atoms with Gasteiger partial charge in [0.25, 0.3) is 15.4 Å². The van der Waals surface area contributed by atoms with Crippen molar-refractivity contribution in [3.63, 3.8) is 0 Å². The van der Waals surface area contributed by atoms with Crippen molar-refractivity contribution in [3.8, 4) is 5.75 Å². The average Bonchev–Trinajstić information content (AvgIpc) is 3.40. The van der Waals surface area contributed by atoms with Crippen LogP contribution in [0, 0.1) is 0 Å². The van der Waals surface area contributed by atoms with Gasteiger partial charge in [-0.1, -0.05) is 46.3 Å². The van der Waals surface area contributed by atoms with E-state index in [1.165, 1.54) is 20.2 Å². The van der Waals surface area contributed by atoms with E-state index in [0.717, 1.165) is 33.6 Å². The van der Waals surface area contributed by atoms with Crippen molar-refractivity contribution < 1.29 is 23.7 Å². The number of aromatic nitrogens is 1. The minimum Gasteiger partial charge on any atom is -0.587 e. The molecule has 1 atom stereocenters. The number of halogens is 1. The molecule has 2 heterocycles. The quantitative estimate of drug-likeness (QED) is 0.263. The molecule has 13 heteroatoms. The number of nitrogens with zero attached hydrogens (tertiary/aromatic N) is 2. The third-order valence-corrected chi connectivity index (χ3v) is 8.70. The zero-order valence-corrected chi connectivity index (χ0v) is 23.0. The van der Waals surface area contributed by atoms with Gasteiger partial charge in [0, 0.05) is 18.4 Å². The van der Waals surface area contributed by atoms with Gasteiger partial charge in [-0.3, -0.25) is 19.3 Å². The Bertz CT molecular complexity index is 1350. The fraction of sp³-hybridized carbons (Fsp3) is 0.130. The molecule has 1 saturated heterocycles. The molecule has 3 aromatic rings. The number of carbonyl (C=O) groups is 3. The largest absolute Gasteiger partial charge is 0.587 e. The summed E-state index contributed by atoms with van der Waals surface area (Å²) in [6.07, 6.45) is 3.03. The maximum Gasteiger partial charge on any atom is 0.293 e. The summed E-state index contributed by atoms with van der Waals surface area (Å²) in [4.78, 5) is 40.9. The number of hydrogen-bond donors (Lipinski definition) is 2. The van der Waals surface area contributed by atoms with E-state index < -0.39 is 11.4 Å². The highest BCUT2D eigenvalue weighted by Gasteiger charge is 2.32. The highest BCUT2D eigenvalue weighted by molar-refractivity contribution is 9.10. The topological polar surface area (TPSA) is 124 Å². The number of hydrogen-bond acceptors (Lipinski definition) is 9. The van der Waals surface area contributed by atoms with Crippen LogP contribution in [0.15, 0.2) is 62.2 Å². The number of carbonyl (C=O) groups excluding carboxylic acids is 3. The normalized spacial score (nSPS) is 15.3. The second kappa shape index (κ2) is 11.5. The average molecular weight is 608 g/mol. The van der Waals surface area contributed by atoms with Crippen LogP contribution < -0.4 is 14.8 Å². The van der Waals surface area contributed by atoms with Gasteiger partial charge in [-0.05, 0) is 52.4 Å². The number of imide groups is 1. The Labute approximate surface area is 226 Å². The number of benzene rings is 2. The maximum atomic E-state index is 13.0. The number of ether oxygens (including phenoxy) is 1. The predicted molar refractivity (Wildman–Crippen MR) is 145 cm³/mol. The van der Waals surface area contributed by atoms with E-state index in [4.69, 9.17) is 4.74 Å². The third-order valence-electron chi connectivity index (χ3n) is 4.76. The molecule has 1 fully saturated rings. The van der Waals surface area contributed by atoms with Crippen LogP contribution in [0.5, 0.6) is 5.75 Å². The minimum atomic E-state index is -1.69. The van der Waals surface area contributed by atoms with E-state index in [1.807, 2.05) is 30.3 Å². The van der Waals surface area contributed by atoms with Crippen LogP contribution in [0.1, 0.15) is 18.1 Å². The summed E-state index contributed by atoms with van der Waals surface area (Å²) in [5, 5.41) is 2.56. The van der Waals surface area contributed by atoms with Gasteiger partial charge >= 0.3 is 0 Å². The molecule has 1 unspecified atom stereocenters. The molecule has 2 N–H and O–H groups in total. The Morgan fingerprint density at radius 3 is 2.69 bits per heavy atom. The van der Waals surface area contributed by atoms with Gasteiger partial charge in [-0.25, -0.2) is 4.98 Å². The fourth-order valence-corrected chi connectivity index (χ4v) is 6.15. The number of rotatable bonds is 8. The second-order valence-electron chi connectivity index (χ2n) is 7.42. The fourth-order valence-electron chi connectivity index (χ4n) is 3.00. The van der Waals surface area contributed by atoms with Crippen molar-refractivity contribution in [1.82, 2.24) is 9.88 Å². The van der Waals surface area contributed by atoms with Gasteiger partial charge in [-0.2, -0.15) is 4.72 Å². The van der Waals surface area contributed by atoms with Crippen LogP contribution in [0.2, 0.25) is 0 Å². The Balaban J connectivity index is 1.63. The Morgan fingerprint density at radius 1 is 1.28 bits per heavy atom. The summed E-state index contributed by atoms with van der Waals surface area (Å²) < 4.78 is 23.0. The van der Waals surface area contributed by atoms with E-state index in [-0.39, 0.29) is 28.6 Å². The minimum absolute atomic E-state index is 0.252. The van der Waals surface area contributed by atoms with Crippen molar-refractivity contribution in [1.29, 1.82) is 0 Å². The molecule has 2 aromatic carbocycles. The lowest BCUT2D eigenvalue weighted by Crippen LogP contribution is -2.22. The lowest BCUT2D eigenvalue weighted by atomic mass is 10.1. The van der Waals surface area contributed by atoms with Gasteiger partial charge in [-0.15, -0.1) is 0 Å². The Morgan fingerprint density at radius 2 is 2.03 bits per heavy atom. The summed E-state index contributed by atoms with van der Waals surface area (Å²) in [6, 6.07) is 12.9. The lowest BCUT2D eigenvalue weighted by Gasteiger charge is -2.16. The highest BCUT2D eigenvalue weighted by atomic mass is 79.9. The van der Waals surface area contributed by atoms with Crippen LogP contribution in [-0.2, 0) is 27.6 Å². The van der Waals surface area contributed by atoms with E-state index >= 15 is 0 Å². The van der Waals surface area contributed by atoms with E-state index in [9.17, 15) is 18.9 Å². The monoisotopic (exact) mass is 606 g/mol. The van der Waals surface area contributed by atoms with E-state index in [2.05, 4.69) is 31.0 Å². The molecule has 36 heavy (non-hydrogen) atoms. The summed E-state index contributed by atoms with van der Waals surface area (Å²) in [7, 11) is 1.43. The highest BCUT2D eigenvalue weighted by Crippen LogP contribution is 2.38. The standard InChI is InChI=1S/C23H19BrN4O5S3/c1-13(29)26-22-25-11-20(35-22)36(32)27-17-10-16(24)15(9-19-21(30)28(2)23(31)34-19)8-18(17)33-12-14-6-4-3-5-7-14/h3-11,27H,12H2,1-2H3,(H,25,26,29)/b19-9-. The summed E-state index contributed by atoms with van der Waals surface area (Å²) in [5.74, 6) is -0.261. The van der Waals surface area contributed by atoms with Crippen molar-refractivity contribution in [2.45, 2.75) is 17.7 Å². The molecule has 9 nitrogen and oxygen atoms in total. The van der Waals surface area contributed by atoms with Crippen LogP contribution in [0.25, 0.3) is 6.08 Å². The molecule has 3 amide bonds. The van der Waals surface area contributed by atoms with E-state index in [1.54, 1.807) is 18.2 Å². The van der Waals surface area contributed by atoms with E-state index in [0.29, 0.717) is 30.8 Å². The van der Waals surface area contributed by atoms with Crippen molar-refractivity contribution in [2.75, 3.05) is 17.1 Å². The molecule has 0 aliphatic carbocycles. The van der Waals surface area contributed by atoms with Crippen molar-refractivity contribution >= 4 is 84.3 Å². The molecule has 0 bridgehead atoms. The van der Waals surface area contributed by atoms with Gasteiger partial charge < -0.3 is 14.6 Å². The van der Waals surface area contributed by atoms with Crippen LogP contribution in [-0.4, -0.2) is 38.5 Å². The first kappa shape index (κ1) is 26.2. The van der Waals surface area contributed by atoms with Crippen molar-refractivity contribution in [3.05, 3.63) is 69.2 Å². The number of amides is 3. The first-order chi connectivity index (χ1) is 17.2. The SMILES string of the molecule is CC(=O)Nc1ncc([S+]([O-])Nc2cc(Br)c(/C=C3\SC(=O)N(C)C3=O)cc2OCc2ccccc2)s1. The van der Waals surface area contributed by atoms with Crippen molar-refractivity contribution in [2.24, 2.45) is 0 Å². The first-order valence-electron chi connectivity index (χ1n) is 10.3. The molecule has 186 valence electrons. The molecule has 1 aliphatic heterocycles. The Kier molecular flexibility index (Phi) is 8.36. The second-order valence-corrected chi connectivity index (χ2v) is 11.7. The zero-order chi connectivity index (χ0) is 25.8. The van der Waals surface area contributed by atoms with Crippen LogP contribution >= 0.6 is 39.0 Å².